The summed E-state index contributed by atoms with van der Waals surface area (Å²) >= 11 is 0. The summed E-state index contributed by atoms with van der Waals surface area (Å²) in [6, 6.07) is 12.8. The molecule has 0 aliphatic rings. The van der Waals surface area contributed by atoms with E-state index in [0.29, 0.717) is 42.3 Å². The standard InChI is InChI=1S/C23H28N2O4/c1-4-19(14-20(16(3)26)21-11-8-10-18(15-24)25-21)29-22-12-7-6-9-17(22)13-23(27)28-5-2/h6-12,14,26H,4-5,13,15,24H2,1-3H3/b19-14+,20-16-. The van der Waals surface area contributed by atoms with Crippen LogP contribution in [0.25, 0.3) is 5.57 Å². The first-order valence-electron chi connectivity index (χ1n) is 9.66. The number of nitrogens with two attached hydrogens (primary N) is 1. The van der Waals surface area contributed by atoms with Crippen LogP contribution >= 0.6 is 0 Å². The number of carbonyl (C=O) groups is 1. The summed E-state index contributed by atoms with van der Waals surface area (Å²) in [5, 5.41) is 10.2. The number of pyridine rings is 1. The highest BCUT2D eigenvalue weighted by molar-refractivity contribution is 5.74. The van der Waals surface area contributed by atoms with Gasteiger partial charge in [-0.25, -0.2) is 0 Å². The Bertz CT molecular complexity index is 899. The lowest BCUT2D eigenvalue weighted by atomic mass is 10.1. The first kappa shape index (κ1) is 22.2. The topological polar surface area (TPSA) is 94.7 Å². The molecule has 2 aromatic rings. The summed E-state index contributed by atoms with van der Waals surface area (Å²) in [5.74, 6) is 1.03. The second kappa shape index (κ2) is 11.0. The quantitative estimate of drug-likeness (QED) is 0.373. The van der Waals surface area contributed by atoms with Crippen LogP contribution in [0, 0.1) is 0 Å². The van der Waals surface area contributed by atoms with Crippen molar-refractivity contribution in [2.24, 2.45) is 5.73 Å². The van der Waals surface area contributed by atoms with Gasteiger partial charge in [0.25, 0.3) is 0 Å². The fourth-order valence-electron chi connectivity index (χ4n) is 2.73. The van der Waals surface area contributed by atoms with Crippen LogP contribution in [0.2, 0.25) is 0 Å². The molecule has 0 aliphatic carbocycles. The minimum absolute atomic E-state index is 0.126. The van der Waals surface area contributed by atoms with Crippen LogP contribution in [0.4, 0.5) is 0 Å². The van der Waals surface area contributed by atoms with Gasteiger partial charge in [0.2, 0.25) is 0 Å². The summed E-state index contributed by atoms with van der Waals surface area (Å²) in [6.07, 6.45) is 2.48. The Morgan fingerprint density at radius 2 is 1.93 bits per heavy atom. The molecule has 0 saturated carbocycles. The molecule has 6 nitrogen and oxygen atoms in total. The summed E-state index contributed by atoms with van der Waals surface area (Å²) < 4.78 is 11.1. The number of aromatic nitrogens is 1. The normalized spacial score (nSPS) is 12.3. The third-order valence-electron chi connectivity index (χ3n) is 4.19. The molecule has 0 unspecified atom stereocenters. The highest BCUT2D eigenvalue weighted by Crippen LogP contribution is 2.26. The third kappa shape index (κ3) is 6.47. The molecule has 0 spiro atoms. The molecule has 3 N–H and O–H groups in total. The van der Waals surface area contributed by atoms with Crippen molar-refractivity contribution in [2.75, 3.05) is 6.61 Å². The second-order valence-corrected chi connectivity index (χ2v) is 6.37. The van der Waals surface area contributed by atoms with E-state index in [1.807, 2.05) is 43.3 Å². The Morgan fingerprint density at radius 1 is 1.17 bits per heavy atom. The first-order chi connectivity index (χ1) is 14.0. The number of esters is 1. The van der Waals surface area contributed by atoms with Gasteiger partial charge in [-0.2, -0.15) is 0 Å². The van der Waals surface area contributed by atoms with Gasteiger partial charge in [-0.05, 0) is 38.1 Å². The molecule has 1 aromatic carbocycles. The molecule has 154 valence electrons. The van der Waals surface area contributed by atoms with Crippen molar-refractivity contribution in [3.63, 3.8) is 0 Å². The molecule has 1 aromatic heterocycles. The van der Waals surface area contributed by atoms with E-state index in [9.17, 15) is 9.90 Å². The van der Waals surface area contributed by atoms with Crippen molar-refractivity contribution in [3.05, 3.63) is 77.0 Å². The number of nitrogens with zero attached hydrogens (tertiary/aromatic N) is 1. The number of ether oxygens (including phenoxy) is 2. The van der Waals surface area contributed by atoms with Crippen molar-refractivity contribution < 1.29 is 19.4 Å². The van der Waals surface area contributed by atoms with E-state index in [1.54, 1.807) is 26.0 Å². The van der Waals surface area contributed by atoms with Crippen LogP contribution in [-0.4, -0.2) is 22.7 Å². The van der Waals surface area contributed by atoms with Crippen LogP contribution in [-0.2, 0) is 22.5 Å². The van der Waals surface area contributed by atoms with Gasteiger partial charge in [-0.1, -0.05) is 31.2 Å². The van der Waals surface area contributed by atoms with Gasteiger partial charge in [0.05, 0.1) is 30.2 Å². The van der Waals surface area contributed by atoms with Crippen LogP contribution in [0.3, 0.4) is 0 Å². The molecule has 0 bridgehead atoms. The van der Waals surface area contributed by atoms with Gasteiger partial charge in [-0.15, -0.1) is 0 Å². The van der Waals surface area contributed by atoms with Crippen LogP contribution in [0.5, 0.6) is 5.75 Å². The lowest BCUT2D eigenvalue weighted by molar-refractivity contribution is -0.142. The number of carbonyl (C=O) groups excluding carboxylic acids is 1. The fourth-order valence-corrected chi connectivity index (χ4v) is 2.73. The van der Waals surface area contributed by atoms with Gasteiger partial charge < -0.3 is 20.3 Å². The number of aliphatic hydroxyl groups excluding tert-OH is 1. The Balaban J connectivity index is 2.34. The molecule has 0 amide bonds. The number of hydrogen-bond acceptors (Lipinski definition) is 6. The number of para-hydroxylation sites is 1. The summed E-state index contributed by atoms with van der Waals surface area (Å²) in [7, 11) is 0. The minimum Gasteiger partial charge on any atom is -0.512 e. The monoisotopic (exact) mass is 396 g/mol. The first-order valence-corrected chi connectivity index (χ1v) is 9.66. The zero-order chi connectivity index (χ0) is 21.2. The summed E-state index contributed by atoms with van der Waals surface area (Å²) in [4.78, 5) is 16.4. The number of aliphatic hydroxyl groups is 1. The molecule has 0 aliphatic heterocycles. The van der Waals surface area contributed by atoms with E-state index in [4.69, 9.17) is 15.2 Å². The van der Waals surface area contributed by atoms with Crippen molar-refractivity contribution in [3.8, 4) is 5.75 Å². The van der Waals surface area contributed by atoms with Gasteiger partial charge >= 0.3 is 5.97 Å². The van der Waals surface area contributed by atoms with Crippen molar-refractivity contribution in [1.29, 1.82) is 0 Å². The van der Waals surface area contributed by atoms with Crippen molar-refractivity contribution in [1.82, 2.24) is 4.98 Å². The van der Waals surface area contributed by atoms with Gasteiger partial charge in [0, 0.05) is 24.1 Å². The van der Waals surface area contributed by atoms with E-state index < -0.39 is 0 Å². The van der Waals surface area contributed by atoms with Gasteiger partial charge in [0.15, 0.2) is 0 Å². The molecule has 6 heteroatoms. The largest absolute Gasteiger partial charge is 0.512 e. The van der Waals surface area contributed by atoms with Gasteiger partial charge in [-0.3, -0.25) is 9.78 Å². The number of allylic oxidation sites excluding steroid dienone is 4. The molecule has 0 radical (unpaired) electrons. The second-order valence-electron chi connectivity index (χ2n) is 6.37. The van der Waals surface area contributed by atoms with Crippen LogP contribution < -0.4 is 10.5 Å². The molecule has 29 heavy (non-hydrogen) atoms. The summed E-state index contributed by atoms with van der Waals surface area (Å²) in [6.45, 7) is 5.98. The SMILES string of the molecule is CCOC(=O)Cc1ccccc1O/C(=C/C(=C(\C)O)c1cccc(CN)n1)CC. The predicted molar refractivity (Wildman–Crippen MR) is 113 cm³/mol. The lowest BCUT2D eigenvalue weighted by Crippen LogP contribution is -2.09. The Morgan fingerprint density at radius 3 is 2.59 bits per heavy atom. The minimum atomic E-state index is -0.305. The van der Waals surface area contributed by atoms with Gasteiger partial charge in [0.1, 0.15) is 11.5 Å². The number of rotatable bonds is 9. The number of hydrogen-bond donors (Lipinski definition) is 2. The summed E-state index contributed by atoms with van der Waals surface area (Å²) in [5.41, 5.74) is 8.32. The highest BCUT2D eigenvalue weighted by Gasteiger charge is 2.13. The molecular weight excluding hydrogens is 368 g/mol. The van der Waals surface area contributed by atoms with Crippen molar-refractivity contribution >= 4 is 11.5 Å². The van der Waals surface area contributed by atoms with E-state index in [0.717, 1.165) is 11.3 Å². The molecule has 2 rings (SSSR count). The highest BCUT2D eigenvalue weighted by atomic mass is 16.5. The Kier molecular flexibility index (Phi) is 8.43. The zero-order valence-electron chi connectivity index (χ0n) is 17.1. The van der Waals surface area contributed by atoms with Crippen LogP contribution in [0.1, 0.15) is 44.1 Å². The Labute approximate surface area is 171 Å². The maximum Gasteiger partial charge on any atom is 0.310 e. The van der Waals surface area contributed by atoms with Crippen LogP contribution in [0.15, 0.2) is 60.1 Å². The molecule has 0 atom stereocenters. The average molecular weight is 396 g/mol. The Hall–Kier alpha value is -3.12. The van der Waals surface area contributed by atoms with E-state index in [-0.39, 0.29) is 18.1 Å². The maximum absolute atomic E-state index is 11.9. The fraction of sp³-hybridized carbons (Fsp3) is 0.304. The predicted octanol–water partition coefficient (Wildman–Crippen LogP) is 4.31. The number of benzene rings is 1. The van der Waals surface area contributed by atoms with E-state index >= 15 is 0 Å². The molecule has 0 fully saturated rings. The molecule has 0 saturated heterocycles. The molecule has 1 heterocycles. The smallest absolute Gasteiger partial charge is 0.310 e. The zero-order valence-corrected chi connectivity index (χ0v) is 17.1. The lowest BCUT2D eigenvalue weighted by Gasteiger charge is -2.14. The average Bonchev–Trinajstić information content (AvgIpc) is 2.72. The van der Waals surface area contributed by atoms with E-state index in [1.165, 1.54) is 0 Å². The molecular formula is C23H28N2O4. The third-order valence-corrected chi connectivity index (χ3v) is 4.19. The van der Waals surface area contributed by atoms with E-state index in [2.05, 4.69) is 4.98 Å². The van der Waals surface area contributed by atoms with Crippen molar-refractivity contribution in [2.45, 2.75) is 40.2 Å². The maximum atomic E-state index is 11.9.